The molecule has 0 saturated heterocycles. The smallest absolute Gasteiger partial charge is 0.309 e. The predicted molar refractivity (Wildman–Crippen MR) is 66.1 cm³/mol. The lowest BCUT2D eigenvalue weighted by Crippen LogP contribution is -2.24. The number of carbonyl (C=O) groups excluding carboxylic acids is 1. The Hall–Kier alpha value is -1.30. The molecule has 0 radical (unpaired) electrons. The standard InChI is InChI=1S/C14H21NO2/c1-17-14(16)13-10-6-4-2-3-5-8-12(13)9-7-11-15/h7,9,12-13H,2-6,8,10H2,1H3. The lowest BCUT2D eigenvalue weighted by Gasteiger charge is -2.21. The number of nitriles is 1. The molecule has 2 atom stereocenters. The molecule has 0 aliphatic heterocycles. The van der Waals surface area contributed by atoms with Gasteiger partial charge in [0.15, 0.2) is 0 Å². The van der Waals surface area contributed by atoms with Crippen LogP contribution in [0.5, 0.6) is 0 Å². The monoisotopic (exact) mass is 235 g/mol. The van der Waals surface area contributed by atoms with Crippen LogP contribution in [0, 0.1) is 23.2 Å². The van der Waals surface area contributed by atoms with Crippen LogP contribution < -0.4 is 0 Å². The van der Waals surface area contributed by atoms with Crippen molar-refractivity contribution in [2.24, 2.45) is 11.8 Å². The Bertz CT molecular complexity index is 304. The van der Waals surface area contributed by atoms with Crippen LogP contribution in [0.25, 0.3) is 0 Å². The first kappa shape index (κ1) is 13.8. The normalized spacial score (nSPS) is 26.6. The van der Waals surface area contributed by atoms with Gasteiger partial charge in [0.05, 0.1) is 19.1 Å². The van der Waals surface area contributed by atoms with Crippen LogP contribution in [0.3, 0.4) is 0 Å². The zero-order valence-corrected chi connectivity index (χ0v) is 10.5. The van der Waals surface area contributed by atoms with Gasteiger partial charge >= 0.3 is 5.97 Å². The summed E-state index contributed by atoms with van der Waals surface area (Å²) in [6.45, 7) is 0. The second kappa shape index (κ2) is 7.89. The quantitative estimate of drug-likeness (QED) is 0.545. The fourth-order valence-corrected chi connectivity index (χ4v) is 2.53. The largest absolute Gasteiger partial charge is 0.469 e. The number of rotatable bonds is 2. The summed E-state index contributed by atoms with van der Waals surface area (Å²) in [4.78, 5) is 11.8. The van der Waals surface area contributed by atoms with Gasteiger partial charge in [0.1, 0.15) is 0 Å². The van der Waals surface area contributed by atoms with Crippen molar-refractivity contribution >= 4 is 5.97 Å². The van der Waals surface area contributed by atoms with E-state index in [1.54, 1.807) is 0 Å². The van der Waals surface area contributed by atoms with Crippen molar-refractivity contribution in [1.82, 2.24) is 0 Å². The van der Waals surface area contributed by atoms with Gasteiger partial charge in [-0.15, -0.1) is 0 Å². The third-order valence-electron chi connectivity index (χ3n) is 3.49. The van der Waals surface area contributed by atoms with Gasteiger partial charge in [-0.1, -0.05) is 38.2 Å². The molecule has 1 aliphatic rings. The minimum atomic E-state index is -0.125. The SMILES string of the molecule is COC(=O)C1CCCCCCCC1C=CC#N. The van der Waals surface area contributed by atoms with E-state index in [2.05, 4.69) is 0 Å². The van der Waals surface area contributed by atoms with E-state index in [1.807, 2.05) is 12.1 Å². The van der Waals surface area contributed by atoms with Crippen LogP contribution in [-0.4, -0.2) is 13.1 Å². The third-order valence-corrected chi connectivity index (χ3v) is 3.49. The molecule has 2 unspecified atom stereocenters. The first-order valence-corrected chi connectivity index (χ1v) is 6.43. The molecule has 3 nitrogen and oxygen atoms in total. The minimum absolute atomic E-state index is 0.0669. The summed E-state index contributed by atoms with van der Waals surface area (Å²) < 4.78 is 4.88. The number of esters is 1. The Morgan fingerprint density at radius 3 is 2.53 bits per heavy atom. The second-order valence-corrected chi connectivity index (χ2v) is 4.63. The second-order valence-electron chi connectivity index (χ2n) is 4.63. The molecule has 17 heavy (non-hydrogen) atoms. The molecule has 1 fully saturated rings. The van der Waals surface area contributed by atoms with Crippen LogP contribution in [0.1, 0.15) is 44.9 Å². The van der Waals surface area contributed by atoms with Crippen molar-refractivity contribution in [2.75, 3.05) is 7.11 Å². The van der Waals surface area contributed by atoms with Gasteiger partial charge in [0.2, 0.25) is 0 Å². The van der Waals surface area contributed by atoms with Gasteiger partial charge in [0.25, 0.3) is 0 Å². The van der Waals surface area contributed by atoms with Crippen molar-refractivity contribution in [3.05, 3.63) is 12.2 Å². The van der Waals surface area contributed by atoms with E-state index >= 15 is 0 Å². The molecule has 1 rings (SSSR count). The van der Waals surface area contributed by atoms with Crippen molar-refractivity contribution in [1.29, 1.82) is 5.26 Å². The minimum Gasteiger partial charge on any atom is -0.469 e. The third kappa shape index (κ3) is 4.60. The van der Waals surface area contributed by atoms with Crippen LogP contribution >= 0.6 is 0 Å². The molecule has 0 spiro atoms. The molecule has 1 saturated carbocycles. The molecule has 0 N–H and O–H groups in total. The topological polar surface area (TPSA) is 50.1 Å². The Labute approximate surface area is 103 Å². The van der Waals surface area contributed by atoms with Gasteiger partial charge in [0, 0.05) is 6.08 Å². The van der Waals surface area contributed by atoms with Gasteiger partial charge in [-0.25, -0.2) is 0 Å². The zero-order valence-electron chi connectivity index (χ0n) is 10.5. The first-order valence-electron chi connectivity index (χ1n) is 6.43. The summed E-state index contributed by atoms with van der Waals surface area (Å²) in [7, 11) is 1.44. The van der Waals surface area contributed by atoms with E-state index in [0.717, 1.165) is 25.7 Å². The van der Waals surface area contributed by atoms with E-state index in [9.17, 15) is 4.79 Å². The van der Waals surface area contributed by atoms with Crippen molar-refractivity contribution in [3.63, 3.8) is 0 Å². The Kier molecular flexibility index (Phi) is 6.39. The number of methoxy groups -OCH3 is 1. The molecule has 0 bridgehead atoms. The van der Waals surface area contributed by atoms with E-state index in [1.165, 1.54) is 32.4 Å². The molecular formula is C14H21NO2. The predicted octanol–water partition coefficient (Wildman–Crippen LogP) is 3.22. The Balaban J connectivity index is 2.75. The maximum Gasteiger partial charge on any atom is 0.309 e. The van der Waals surface area contributed by atoms with E-state index in [0.29, 0.717) is 0 Å². The van der Waals surface area contributed by atoms with Gasteiger partial charge in [-0.3, -0.25) is 4.79 Å². The fourth-order valence-electron chi connectivity index (χ4n) is 2.53. The fraction of sp³-hybridized carbons (Fsp3) is 0.714. The lowest BCUT2D eigenvalue weighted by molar-refractivity contribution is -0.147. The highest BCUT2D eigenvalue weighted by Gasteiger charge is 2.27. The van der Waals surface area contributed by atoms with E-state index in [-0.39, 0.29) is 17.8 Å². The average Bonchev–Trinajstić information content (AvgIpc) is 2.47. The van der Waals surface area contributed by atoms with Crippen LogP contribution in [0.4, 0.5) is 0 Å². The lowest BCUT2D eigenvalue weighted by atomic mass is 9.85. The van der Waals surface area contributed by atoms with Crippen molar-refractivity contribution < 1.29 is 9.53 Å². The van der Waals surface area contributed by atoms with Gasteiger partial charge in [-0.2, -0.15) is 5.26 Å². The molecule has 0 aromatic carbocycles. The summed E-state index contributed by atoms with van der Waals surface area (Å²) >= 11 is 0. The number of nitrogens with zero attached hydrogens (tertiary/aromatic N) is 1. The first-order chi connectivity index (χ1) is 8.29. The highest BCUT2D eigenvalue weighted by atomic mass is 16.5. The molecular weight excluding hydrogens is 214 g/mol. The summed E-state index contributed by atoms with van der Waals surface area (Å²) in [5.74, 6) is -0.0256. The maximum absolute atomic E-state index is 11.8. The average molecular weight is 235 g/mol. The number of carbonyl (C=O) groups is 1. The van der Waals surface area contributed by atoms with Crippen LogP contribution in [0.2, 0.25) is 0 Å². The molecule has 0 aromatic rings. The zero-order chi connectivity index (χ0) is 12.5. The summed E-state index contributed by atoms with van der Waals surface area (Å²) in [5.41, 5.74) is 0. The van der Waals surface area contributed by atoms with E-state index < -0.39 is 0 Å². The molecule has 1 aliphatic carbocycles. The van der Waals surface area contributed by atoms with Gasteiger partial charge in [-0.05, 0) is 18.8 Å². The van der Waals surface area contributed by atoms with Gasteiger partial charge < -0.3 is 4.74 Å². The summed E-state index contributed by atoms with van der Waals surface area (Å²) in [6.07, 6.45) is 11.1. The molecule has 0 amide bonds. The molecule has 0 aromatic heterocycles. The van der Waals surface area contributed by atoms with Crippen LogP contribution in [-0.2, 0) is 9.53 Å². The number of ether oxygens (including phenoxy) is 1. The Morgan fingerprint density at radius 1 is 1.24 bits per heavy atom. The molecule has 3 heteroatoms. The summed E-state index contributed by atoms with van der Waals surface area (Å²) in [6, 6.07) is 2.01. The Morgan fingerprint density at radius 2 is 1.88 bits per heavy atom. The van der Waals surface area contributed by atoms with E-state index in [4.69, 9.17) is 10.00 Å². The molecule has 0 heterocycles. The highest BCUT2D eigenvalue weighted by Crippen LogP contribution is 2.29. The van der Waals surface area contributed by atoms with Crippen molar-refractivity contribution in [2.45, 2.75) is 44.9 Å². The van der Waals surface area contributed by atoms with Crippen molar-refractivity contribution in [3.8, 4) is 6.07 Å². The van der Waals surface area contributed by atoms with Crippen LogP contribution in [0.15, 0.2) is 12.2 Å². The maximum atomic E-state index is 11.8. The highest BCUT2D eigenvalue weighted by molar-refractivity contribution is 5.72. The molecule has 94 valence electrons. The number of hydrogen-bond acceptors (Lipinski definition) is 3. The number of hydrogen-bond donors (Lipinski definition) is 0. The number of allylic oxidation sites excluding steroid dienone is 2. The summed E-state index contributed by atoms with van der Waals surface area (Å²) in [5, 5.41) is 8.61.